The van der Waals surface area contributed by atoms with Gasteiger partial charge in [-0.15, -0.1) is 0 Å². The summed E-state index contributed by atoms with van der Waals surface area (Å²) in [5.74, 6) is 1.93. The van der Waals surface area contributed by atoms with Crippen LogP contribution < -0.4 is 14.4 Å². The predicted molar refractivity (Wildman–Crippen MR) is 185 cm³/mol. The summed E-state index contributed by atoms with van der Waals surface area (Å²) >= 11 is 0. The Hall–Kier alpha value is -4.45. The lowest BCUT2D eigenvalue weighted by atomic mass is 9.87. The second-order valence-electron chi connectivity index (χ2n) is 15.0. The van der Waals surface area contributed by atoms with Crippen molar-refractivity contribution < 1.29 is 28.5 Å². The van der Waals surface area contributed by atoms with Crippen LogP contribution in [0.3, 0.4) is 0 Å². The predicted octanol–water partition coefficient (Wildman–Crippen LogP) is 7.01. The molecule has 2 aromatic heterocycles. The molecule has 0 atom stereocenters. The second-order valence-corrected chi connectivity index (χ2v) is 15.0. The number of fused-ring (bicyclic) bond motifs is 2. The molecule has 12 heteroatoms. The molecule has 12 nitrogen and oxygen atoms in total. The molecular formula is C37H48N6O6. The van der Waals surface area contributed by atoms with Gasteiger partial charge in [-0.2, -0.15) is 0 Å². The molecule has 6 rings (SSSR count). The third-order valence-electron chi connectivity index (χ3n) is 8.92. The van der Waals surface area contributed by atoms with Crippen molar-refractivity contribution in [1.82, 2.24) is 24.8 Å². The smallest absolute Gasteiger partial charge is 0.420 e. The van der Waals surface area contributed by atoms with Gasteiger partial charge in [-0.05, 0) is 110 Å². The molecule has 262 valence electrons. The fraction of sp³-hybridized carbons (Fsp3) is 0.541. The van der Waals surface area contributed by atoms with Crippen LogP contribution in [0.1, 0.15) is 83.9 Å². The minimum Gasteiger partial charge on any atom is -0.492 e. The van der Waals surface area contributed by atoms with Crippen molar-refractivity contribution >= 4 is 23.7 Å². The highest BCUT2D eigenvalue weighted by Gasteiger charge is 2.39. The zero-order valence-electron chi connectivity index (χ0n) is 29.9. The molecule has 3 aliphatic heterocycles. The normalized spacial score (nSPS) is 17.3. The second kappa shape index (κ2) is 13.5. The summed E-state index contributed by atoms with van der Waals surface area (Å²) < 4.78 is 23.7. The summed E-state index contributed by atoms with van der Waals surface area (Å²) in [6.45, 7) is 19.0. The molecular weight excluding hydrogens is 624 g/mol. The number of hydrogen-bond donors (Lipinski definition) is 0. The molecule has 0 unspecified atom stereocenters. The van der Waals surface area contributed by atoms with E-state index in [4.69, 9.17) is 18.9 Å². The van der Waals surface area contributed by atoms with Crippen LogP contribution in [0.15, 0.2) is 36.9 Å². The van der Waals surface area contributed by atoms with Gasteiger partial charge in [0.25, 0.3) is 0 Å². The number of amides is 2. The molecule has 0 saturated carbocycles. The van der Waals surface area contributed by atoms with Crippen LogP contribution in [0.4, 0.5) is 21.1 Å². The maximum atomic E-state index is 14.1. The van der Waals surface area contributed by atoms with Gasteiger partial charge in [-0.3, -0.25) is 9.88 Å². The van der Waals surface area contributed by atoms with E-state index >= 15 is 0 Å². The average Bonchev–Trinajstić information content (AvgIpc) is 3.16. The third kappa shape index (κ3) is 7.59. The third-order valence-corrected chi connectivity index (χ3v) is 8.92. The SMILES string of the molecule is CCOc1cncc(-c2ncnc3c2COc2c(C)cc(C4CCN(C5CN(C(=O)OC(C)(C)C)C5)CC4)cc2N3C(=O)OC(C)(C)C)c1. The number of likely N-dealkylation sites (tertiary alicyclic amines) is 2. The van der Waals surface area contributed by atoms with E-state index in [1.54, 1.807) is 22.2 Å². The van der Waals surface area contributed by atoms with E-state index in [2.05, 4.69) is 32.0 Å². The number of carbonyl (C=O) groups excluding carboxylic acids is 2. The van der Waals surface area contributed by atoms with Gasteiger partial charge >= 0.3 is 12.2 Å². The van der Waals surface area contributed by atoms with Crippen molar-refractivity contribution in [2.24, 2.45) is 0 Å². The summed E-state index contributed by atoms with van der Waals surface area (Å²) in [6.07, 6.45) is 5.96. The quantitative estimate of drug-likeness (QED) is 0.280. The van der Waals surface area contributed by atoms with Crippen molar-refractivity contribution in [3.05, 3.63) is 53.6 Å². The molecule has 0 N–H and O–H groups in total. The molecule has 2 fully saturated rings. The lowest BCUT2D eigenvalue weighted by molar-refractivity contribution is -0.0196. The first-order chi connectivity index (χ1) is 23.2. The number of benzene rings is 1. The fourth-order valence-electron chi connectivity index (χ4n) is 6.65. The van der Waals surface area contributed by atoms with Gasteiger partial charge in [0.15, 0.2) is 5.82 Å². The highest BCUT2D eigenvalue weighted by molar-refractivity contribution is 5.99. The largest absolute Gasteiger partial charge is 0.492 e. The van der Waals surface area contributed by atoms with Crippen LogP contribution in [-0.4, -0.2) is 87.0 Å². The fourth-order valence-corrected chi connectivity index (χ4v) is 6.65. The maximum Gasteiger partial charge on any atom is 0.420 e. The van der Waals surface area contributed by atoms with Crippen LogP contribution in [-0.2, 0) is 16.1 Å². The van der Waals surface area contributed by atoms with E-state index in [1.165, 1.54) is 6.33 Å². The number of anilines is 2. The number of rotatable bonds is 5. The molecule has 0 bridgehead atoms. The van der Waals surface area contributed by atoms with Gasteiger partial charge in [-0.1, -0.05) is 6.07 Å². The molecule has 2 amide bonds. The van der Waals surface area contributed by atoms with Crippen molar-refractivity contribution in [3.8, 4) is 22.8 Å². The first kappa shape index (κ1) is 34.4. The number of nitrogens with zero attached hydrogens (tertiary/aromatic N) is 6. The molecule has 5 heterocycles. The van der Waals surface area contributed by atoms with E-state index in [0.717, 1.165) is 42.6 Å². The summed E-state index contributed by atoms with van der Waals surface area (Å²) in [6, 6.07) is 6.46. The zero-order valence-corrected chi connectivity index (χ0v) is 29.9. The van der Waals surface area contributed by atoms with E-state index in [0.29, 0.717) is 65.9 Å². The minimum atomic E-state index is -0.740. The molecule has 1 aromatic carbocycles. The number of hydrogen-bond acceptors (Lipinski definition) is 10. The molecule has 0 spiro atoms. The monoisotopic (exact) mass is 672 g/mol. The van der Waals surface area contributed by atoms with E-state index in [-0.39, 0.29) is 12.7 Å². The Morgan fingerprint density at radius 3 is 2.31 bits per heavy atom. The molecule has 49 heavy (non-hydrogen) atoms. The number of aromatic nitrogens is 3. The average molecular weight is 673 g/mol. The Labute approximate surface area is 288 Å². The van der Waals surface area contributed by atoms with Gasteiger partial charge in [0.2, 0.25) is 0 Å². The van der Waals surface area contributed by atoms with Gasteiger partial charge < -0.3 is 23.8 Å². The number of piperidine rings is 1. The molecule has 0 radical (unpaired) electrons. The van der Waals surface area contributed by atoms with Crippen molar-refractivity contribution in [3.63, 3.8) is 0 Å². The van der Waals surface area contributed by atoms with Crippen LogP contribution in [0.5, 0.6) is 11.5 Å². The van der Waals surface area contributed by atoms with Crippen LogP contribution >= 0.6 is 0 Å². The number of carbonyl (C=O) groups is 2. The lowest BCUT2D eigenvalue weighted by Gasteiger charge is -2.47. The molecule has 0 aliphatic carbocycles. The first-order valence-electron chi connectivity index (χ1n) is 17.1. The minimum absolute atomic E-state index is 0.150. The Morgan fingerprint density at radius 1 is 0.939 bits per heavy atom. The summed E-state index contributed by atoms with van der Waals surface area (Å²) in [5, 5.41) is 0. The molecule has 3 aromatic rings. The first-order valence-corrected chi connectivity index (χ1v) is 17.1. The van der Waals surface area contributed by atoms with Gasteiger partial charge in [-0.25, -0.2) is 24.5 Å². The maximum absolute atomic E-state index is 14.1. The Balaban J connectivity index is 1.27. The van der Waals surface area contributed by atoms with Gasteiger partial charge in [0.1, 0.15) is 35.6 Å². The van der Waals surface area contributed by atoms with Crippen LogP contribution in [0.2, 0.25) is 0 Å². The van der Waals surface area contributed by atoms with Crippen molar-refractivity contribution in [2.45, 2.75) is 98.0 Å². The topological polar surface area (TPSA) is 119 Å². The van der Waals surface area contributed by atoms with E-state index < -0.39 is 17.3 Å². The molecule has 3 aliphatic rings. The van der Waals surface area contributed by atoms with Crippen molar-refractivity contribution in [2.75, 3.05) is 37.7 Å². The lowest BCUT2D eigenvalue weighted by Crippen LogP contribution is -2.62. The summed E-state index contributed by atoms with van der Waals surface area (Å²) in [4.78, 5) is 46.0. The Morgan fingerprint density at radius 2 is 1.63 bits per heavy atom. The van der Waals surface area contributed by atoms with Crippen LogP contribution in [0.25, 0.3) is 11.3 Å². The van der Waals surface area contributed by atoms with E-state index in [9.17, 15) is 9.59 Å². The number of aryl methyl sites for hydroxylation is 1. The highest BCUT2D eigenvalue weighted by Crippen LogP contribution is 2.46. The van der Waals surface area contributed by atoms with Crippen molar-refractivity contribution in [1.29, 1.82) is 0 Å². The number of ether oxygens (including phenoxy) is 4. The highest BCUT2D eigenvalue weighted by atomic mass is 16.6. The van der Waals surface area contributed by atoms with E-state index in [1.807, 2.05) is 61.5 Å². The number of pyridine rings is 1. The molecule has 2 saturated heterocycles. The van der Waals surface area contributed by atoms with Gasteiger partial charge in [0, 0.05) is 30.9 Å². The summed E-state index contributed by atoms with van der Waals surface area (Å²) in [5.41, 5.74) is 3.41. The van der Waals surface area contributed by atoms with Gasteiger partial charge in [0.05, 0.1) is 29.7 Å². The zero-order chi connectivity index (χ0) is 35.1. The Bertz CT molecular complexity index is 1700. The standard InChI is InChI=1S/C37H48N6O6/c1-9-46-28-15-26(17-38-18-28)31-29-21-47-32-23(2)14-25(16-30(32)43(33(29)40-22-39-31)35(45)49-37(6,7)8)24-10-12-41(13-11-24)27-19-42(20-27)34(44)48-36(3,4)5/h14-18,22,24,27H,9-13,19-21H2,1-8H3. The summed E-state index contributed by atoms with van der Waals surface area (Å²) in [7, 11) is 0. The van der Waals surface area contributed by atoms with Crippen LogP contribution in [0, 0.1) is 6.92 Å². The Kier molecular flexibility index (Phi) is 9.45.